The van der Waals surface area contributed by atoms with E-state index in [0.717, 1.165) is 12.8 Å². The van der Waals surface area contributed by atoms with Crippen LogP contribution < -0.4 is 0 Å². The zero-order chi connectivity index (χ0) is 20.5. The van der Waals surface area contributed by atoms with Crippen molar-refractivity contribution in [1.29, 1.82) is 0 Å². The summed E-state index contributed by atoms with van der Waals surface area (Å²) in [5.74, 6) is -1.12. The summed E-state index contributed by atoms with van der Waals surface area (Å²) in [6.07, 6.45) is 4.34. The molecule has 0 bridgehead atoms. The van der Waals surface area contributed by atoms with E-state index in [4.69, 9.17) is 14.2 Å². The molecule has 1 unspecified atom stereocenters. The molecule has 0 radical (unpaired) electrons. The molecule has 0 amide bonds. The lowest BCUT2D eigenvalue weighted by molar-refractivity contribution is -0.157. The molecule has 0 aliphatic heterocycles. The molecule has 0 saturated heterocycles. The first-order chi connectivity index (χ1) is 11.8. The molecule has 0 fully saturated rings. The molecule has 0 spiro atoms. The van der Waals surface area contributed by atoms with Gasteiger partial charge in [-0.3, -0.25) is 4.21 Å². The summed E-state index contributed by atoms with van der Waals surface area (Å²) < 4.78 is 27.8. The van der Waals surface area contributed by atoms with E-state index >= 15 is 0 Å². The number of thiol groups is 1. The molecule has 0 aromatic carbocycles. The number of carbonyl (C=O) groups is 2. The van der Waals surface area contributed by atoms with Crippen LogP contribution in [0.2, 0.25) is 0 Å². The van der Waals surface area contributed by atoms with Crippen LogP contribution in [0.3, 0.4) is 0 Å². The minimum absolute atomic E-state index is 0.0961. The second kappa shape index (κ2) is 10.6. The van der Waals surface area contributed by atoms with E-state index in [9.17, 15) is 13.8 Å². The average molecular weight is 391 g/mol. The van der Waals surface area contributed by atoms with Crippen molar-refractivity contribution in [2.45, 2.75) is 51.4 Å². The van der Waals surface area contributed by atoms with E-state index in [2.05, 4.69) is 13.2 Å². The smallest absolute Gasteiger partial charge is 0.333 e. The summed E-state index contributed by atoms with van der Waals surface area (Å²) in [6, 6.07) is 0. The third kappa shape index (κ3) is 9.29. The van der Waals surface area contributed by atoms with Crippen LogP contribution in [0.1, 0.15) is 40.5 Å². The molecule has 0 saturated carbocycles. The predicted molar refractivity (Wildman–Crippen MR) is 106 cm³/mol. The van der Waals surface area contributed by atoms with Gasteiger partial charge < -0.3 is 14.2 Å². The minimum Gasteiger partial charge on any atom is -0.458 e. The summed E-state index contributed by atoms with van der Waals surface area (Å²) >= 11 is 0. The van der Waals surface area contributed by atoms with E-state index in [0.29, 0.717) is 6.61 Å². The second-order valence-electron chi connectivity index (χ2n) is 7.53. The molecule has 0 aliphatic carbocycles. The molecule has 0 rings (SSSR count). The monoisotopic (exact) mass is 390 g/mol. The summed E-state index contributed by atoms with van der Waals surface area (Å²) in [5, 5.41) is 0. The van der Waals surface area contributed by atoms with Gasteiger partial charge in [0.05, 0.1) is 6.61 Å². The number of carbonyl (C=O) groups excluding carboxylic acids is 2. The molecule has 152 valence electrons. The molecule has 7 heteroatoms. The Morgan fingerprint density at radius 2 is 1.58 bits per heavy atom. The molecule has 26 heavy (non-hydrogen) atoms. The Morgan fingerprint density at radius 3 is 2.04 bits per heavy atom. The first kappa shape index (κ1) is 24.5. The van der Waals surface area contributed by atoms with Gasteiger partial charge in [0.15, 0.2) is 6.10 Å². The number of rotatable bonds is 12. The van der Waals surface area contributed by atoms with Crippen molar-refractivity contribution >= 4 is 21.9 Å². The Kier molecular flexibility index (Phi) is 10.0. The van der Waals surface area contributed by atoms with Gasteiger partial charge in [0, 0.05) is 22.5 Å². The standard InChI is InChI=1S/C19H34O6S/c1-14(2)17(20)24-13-16(25-18(21)15(3)4)12-23-11-9-10-19(5,6)26(7,8)22/h16,26H,1,3,9-13H2,2,4-8H3. The van der Waals surface area contributed by atoms with Gasteiger partial charge in [-0.05, 0) is 39.2 Å². The minimum atomic E-state index is -2.20. The highest BCUT2D eigenvalue weighted by atomic mass is 32.2. The quantitative estimate of drug-likeness (QED) is 0.239. The Bertz CT molecular complexity index is 573. The van der Waals surface area contributed by atoms with Crippen LogP contribution in [0.4, 0.5) is 0 Å². The molecule has 6 nitrogen and oxygen atoms in total. The van der Waals surface area contributed by atoms with Crippen LogP contribution in [-0.4, -0.2) is 59.3 Å². The fourth-order valence-corrected chi connectivity index (χ4v) is 2.45. The maximum absolute atomic E-state index is 12.2. The zero-order valence-corrected chi connectivity index (χ0v) is 17.8. The van der Waals surface area contributed by atoms with Gasteiger partial charge in [0.25, 0.3) is 0 Å². The largest absolute Gasteiger partial charge is 0.458 e. The fourth-order valence-electron chi connectivity index (χ4n) is 1.75. The molecule has 0 aromatic heterocycles. The number of esters is 2. The summed E-state index contributed by atoms with van der Waals surface area (Å²) in [6.45, 7) is 14.5. The van der Waals surface area contributed by atoms with Crippen LogP contribution in [0.15, 0.2) is 24.3 Å². The van der Waals surface area contributed by atoms with Gasteiger partial charge in [-0.25, -0.2) is 9.59 Å². The van der Waals surface area contributed by atoms with Crippen molar-refractivity contribution in [2.24, 2.45) is 0 Å². The third-order valence-electron chi connectivity index (χ3n) is 4.21. The van der Waals surface area contributed by atoms with Crippen molar-refractivity contribution in [3.63, 3.8) is 0 Å². The Morgan fingerprint density at radius 1 is 1.04 bits per heavy atom. The first-order valence-corrected chi connectivity index (χ1v) is 11.2. The van der Waals surface area contributed by atoms with Crippen LogP contribution in [0.25, 0.3) is 0 Å². The zero-order valence-electron chi connectivity index (χ0n) is 16.9. The maximum Gasteiger partial charge on any atom is 0.333 e. The van der Waals surface area contributed by atoms with Gasteiger partial charge in [0.2, 0.25) is 0 Å². The van der Waals surface area contributed by atoms with E-state index < -0.39 is 28.0 Å². The highest BCUT2D eigenvalue weighted by Crippen LogP contribution is 2.25. The Hall–Kier alpha value is -1.47. The first-order valence-electron chi connectivity index (χ1n) is 8.60. The van der Waals surface area contributed by atoms with Crippen molar-refractivity contribution < 1.29 is 28.0 Å². The molecular formula is C19H34O6S. The van der Waals surface area contributed by atoms with Crippen LogP contribution in [0.5, 0.6) is 0 Å². The Labute approximate surface area is 158 Å². The van der Waals surface area contributed by atoms with Gasteiger partial charge in [0.1, 0.15) is 6.61 Å². The topological polar surface area (TPSA) is 78.9 Å². The van der Waals surface area contributed by atoms with Crippen molar-refractivity contribution in [3.8, 4) is 0 Å². The molecule has 0 heterocycles. The lowest BCUT2D eigenvalue weighted by Gasteiger charge is -2.33. The molecule has 0 aromatic rings. The fraction of sp³-hybridized carbons (Fsp3) is 0.684. The van der Waals surface area contributed by atoms with Crippen molar-refractivity contribution in [1.82, 2.24) is 0 Å². The number of hydrogen-bond acceptors (Lipinski definition) is 6. The number of hydrogen-bond donors (Lipinski definition) is 1. The highest BCUT2D eigenvalue weighted by Gasteiger charge is 2.26. The van der Waals surface area contributed by atoms with E-state index in [1.54, 1.807) is 12.5 Å². The van der Waals surface area contributed by atoms with Gasteiger partial charge in [-0.1, -0.05) is 27.0 Å². The normalized spacial score (nSPS) is 13.6. The SMILES string of the molecule is C=C(C)C(=O)OCC(COCCCC(C)(C)[SH](C)(C)=O)OC(=O)C(=C)C. The van der Waals surface area contributed by atoms with Crippen LogP contribution in [-0.2, 0) is 33.7 Å². The van der Waals surface area contributed by atoms with Crippen molar-refractivity contribution in [3.05, 3.63) is 24.3 Å². The maximum atomic E-state index is 12.2. The van der Waals surface area contributed by atoms with E-state index in [1.807, 2.05) is 13.8 Å². The van der Waals surface area contributed by atoms with Gasteiger partial charge >= 0.3 is 11.9 Å². The van der Waals surface area contributed by atoms with Crippen molar-refractivity contribution in [2.75, 3.05) is 32.3 Å². The summed E-state index contributed by atoms with van der Waals surface area (Å²) in [7, 11) is -2.20. The summed E-state index contributed by atoms with van der Waals surface area (Å²) in [4.78, 5) is 23.2. The lowest BCUT2D eigenvalue weighted by atomic mass is 10.1. The molecule has 0 aliphatic rings. The van der Waals surface area contributed by atoms with Gasteiger partial charge in [-0.2, -0.15) is 0 Å². The average Bonchev–Trinajstić information content (AvgIpc) is 2.49. The van der Waals surface area contributed by atoms with E-state index in [1.165, 1.54) is 13.8 Å². The van der Waals surface area contributed by atoms with Crippen LogP contribution in [0, 0.1) is 0 Å². The second-order valence-corrected chi connectivity index (χ2v) is 11.4. The van der Waals surface area contributed by atoms with Crippen LogP contribution >= 0.6 is 0 Å². The van der Waals surface area contributed by atoms with E-state index in [-0.39, 0.29) is 29.1 Å². The molecule has 0 N–H and O–H groups in total. The molecule has 1 atom stereocenters. The predicted octanol–water partition coefficient (Wildman–Crippen LogP) is 2.45. The third-order valence-corrected chi connectivity index (χ3v) is 7.35. The van der Waals surface area contributed by atoms with Gasteiger partial charge in [-0.15, -0.1) is 9.93 Å². The molecular weight excluding hydrogens is 356 g/mol. The Balaban J connectivity index is 4.48. The highest BCUT2D eigenvalue weighted by molar-refractivity contribution is 8.02. The lowest BCUT2D eigenvalue weighted by Crippen LogP contribution is -2.36. The summed E-state index contributed by atoms with van der Waals surface area (Å²) in [5.41, 5.74) is 0.520. The number of ether oxygens (including phenoxy) is 3.